The molecule has 2 unspecified atom stereocenters. The molecule has 0 aliphatic carbocycles. The number of ether oxygens (including phenoxy) is 6. The van der Waals surface area contributed by atoms with Crippen molar-refractivity contribution in [2.75, 3.05) is 65.8 Å². The van der Waals surface area contributed by atoms with Crippen LogP contribution in [0.25, 0.3) is 0 Å². The van der Waals surface area contributed by atoms with Gasteiger partial charge in [0.2, 0.25) is 11.5 Å². The van der Waals surface area contributed by atoms with E-state index in [-0.39, 0.29) is 50.2 Å². The average molecular weight is 760 g/mol. The van der Waals surface area contributed by atoms with Crippen LogP contribution < -0.4 is 28.4 Å². The highest BCUT2D eigenvalue weighted by Gasteiger charge is 2.27. The number of hydrogen-bond acceptors (Lipinski definition) is 10. The Morgan fingerprint density at radius 2 is 1.06 bits per heavy atom. The summed E-state index contributed by atoms with van der Waals surface area (Å²) in [7, 11) is 0. The number of rotatable bonds is 16. The van der Waals surface area contributed by atoms with Crippen LogP contribution in [-0.4, -0.2) is 98.0 Å². The zero-order chi connectivity index (χ0) is 35.0. The van der Waals surface area contributed by atoms with Crippen molar-refractivity contribution in [1.82, 2.24) is 9.80 Å². The van der Waals surface area contributed by atoms with Gasteiger partial charge < -0.3 is 38.6 Å². The van der Waals surface area contributed by atoms with Gasteiger partial charge in [-0.2, -0.15) is 0 Å². The van der Waals surface area contributed by atoms with Gasteiger partial charge in [0.15, 0.2) is 23.0 Å². The number of aliphatic hydroxyl groups is 2. The molecule has 0 amide bonds. The predicted octanol–water partition coefficient (Wildman–Crippen LogP) is 6.28. The lowest BCUT2D eigenvalue weighted by Gasteiger charge is -2.31. The molecule has 2 heterocycles. The van der Waals surface area contributed by atoms with Crippen LogP contribution in [0.5, 0.6) is 34.5 Å². The van der Waals surface area contributed by atoms with Gasteiger partial charge in [0.05, 0.1) is 26.4 Å². The molecule has 52 heavy (non-hydrogen) atoms. The predicted molar refractivity (Wildman–Crippen MR) is 207 cm³/mol. The van der Waals surface area contributed by atoms with Gasteiger partial charge in [0, 0.05) is 39.3 Å². The minimum atomic E-state index is -0.107. The van der Waals surface area contributed by atoms with E-state index in [0.29, 0.717) is 75.6 Å². The molecule has 0 aromatic heterocycles. The lowest BCUT2D eigenvalue weighted by Crippen LogP contribution is -2.41. The number of nitrogens with zero attached hydrogens (tertiary/aromatic N) is 2. The van der Waals surface area contributed by atoms with Gasteiger partial charge in [0.1, 0.15) is 25.4 Å². The fraction of sp³-hybridized carbons (Fsp3) is 0.400. The molecular weight excluding hydrogens is 707 g/mol. The van der Waals surface area contributed by atoms with Crippen molar-refractivity contribution in [3.8, 4) is 34.5 Å². The first-order valence-corrected chi connectivity index (χ1v) is 17.4. The van der Waals surface area contributed by atoms with Crippen molar-refractivity contribution >= 4 is 24.8 Å². The number of para-hydroxylation sites is 2. The number of aliphatic hydroxyl groups excluding tert-OH is 2. The average Bonchev–Trinajstić information content (AvgIpc) is 3.13. The monoisotopic (exact) mass is 758 g/mol. The second kappa shape index (κ2) is 22.9. The molecule has 2 atom stereocenters. The van der Waals surface area contributed by atoms with E-state index in [4.69, 9.17) is 28.4 Å². The van der Waals surface area contributed by atoms with E-state index in [2.05, 4.69) is 34.1 Å². The van der Waals surface area contributed by atoms with Crippen LogP contribution in [-0.2, 0) is 13.1 Å². The topological polar surface area (TPSA) is 102 Å². The Bertz CT molecular complexity index is 1570. The molecule has 2 aliphatic heterocycles. The minimum Gasteiger partial charge on any atom is -0.490 e. The molecule has 0 saturated heterocycles. The minimum absolute atomic E-state index is 0. The zero-order valence-electron chi connectivity index (χ0n) is 29.9. The van der Waals surface area contributed by atoms with Crippen LogP contribution in [0.2, 0.25) is 0 Å². The molecule has 10 nitrogen and oxygen atoms in total. The van der Waals surface area contributed by atoms with Gasteiger partial charge in [-0.05, 0) is 49.2 Å². The summed E-state index contributed by atoms with van der Waals surface area (Å²) >= 11 is 0. The maximum absolute atomic E-state index is 9.38. The Morgan fingerprint density at radius 3 is 1.58 bits per heavy atom. The fourth-order valence-electron chi connectivity index (χ4n) is 5.96. The second-order valence-corrected chi connectivity index (χ2v) is 12.0. The zero-order valence-corrected chi connectivity index (χ0v) is 31.6. The Labute approximate surface area is 320 Å². The van der Waals surface area contributed by atoms with Crippen molar-refractivity contribution in [2.45, 2.75) is 39.1 Å². The van der Waals surface area contributed by atoms with Gasteiger partial charge in [-0.25, -0.2) is 0 Å². The summed E-state index contributed by atoms with van der Waals surface area (Å²) in [5.41, 5.74) is 2.43. The van der Waals surface area contributed by atoms with Gasteiger partial charge >= 0.3 is 0 Å². The van der Waals surface area contributed by atoms with E-state index in [1.165, 1.54) is 11.1 Å². The number of halogens is 2. The first-order chi connectivity index (χ1) is 24.6. The molecule has 0 bridgehead atoms. The van der Waals surface area contributed by atoms with Crippen molar-refractivity contribution in [2.24, 2.45) is 0 Å². The SMILES string of the molecule is CCOc1cccc2c1OC(CN(CCO)Cc1ccccc1)CO2.CCOc1cccc2c1OCC(CN(CCO)Cc1ccccc1)O2.Cl.Cl. The Morgan fingerprint density at radius 1 is 0.577 bits per heavy atom. The summed E-state index contributed by atoms with van der Waals surface area (Å²) in [6.45, 7) is 10.3. The van der Waals surface area contributed by atoms with E-state index >= 15 is 0 Å². The van der Waals surface area contributed by atoms with Crippen LogP contribution in [0.1, 0.15) is 25.0 Å². The number of hydrogen-bond donors (Lipinski definition) is 2. The van der Waals surface area contributed by atoms with Crippen molar-refractivity contribution in [1.29, 1.82) is 0 Å². The van der Waals surface area contributed by atoms with Gasteiger partial charge in [0.25, 0.3) is 0 Å². The molecule has 0 spiro atoms. The first kappa shape index (κ1) is 42.5. The lowest BCUT2D eigenvalue weighted by molar-refractivity contribution is 0.0480. The molecule has 0 saturated carbocycles. The van der Waals surface area contributed by atoms with Crippen LogP contribution in [0, 0.1) is 0 Å². The highest BCUT2D eigenvalue weighted by molar-refractivity contribution is 5.85. The Hall–Kier alpha value is -3.90. The van der Waals surface area contributed by atoms with Crippen molar-refractivity contribution in [3.63, 3.8) is 0 Å². The summed E-state index contributed by atoms with van der Waals surface area (Å²) in [5.74, 6) is 4.21. The maximum Gasteiger partial charge on any atom is 0.204 e. The van der Waals surface area contributed by atoms with Crippen molar-refractivity contribution in [3.05, 3.63) is 108 Å². The number of fused-ring (bicyclic) bond motifs is 2. The second-order valence-electron chi connectivity index (χ2n) is 12.0. The van der Waals surface area contributed by atoms with Crippen LogP contribution in [0.3, 0.4) is 0 Å². The van der Waals surface area contributed by atoms with E-state index in [1.54, 1.807) is 0 Å². The molecule has 4 aromatic rings. The Balaban J connectivity index is 0.000000270. The van der Waals surface area contributed by atoms with E-state index < -0.39 is 0 Å². The Kier molecular flexibility index (Phi) is 18.7. The summed E-state index contributed by atoms with van der Waals surface area (Å²) in [6.07, 6.45) is -0.191. The molecule has 2 aliphatic rings. The summed E-state index contributed by atoms with van der Waals surface area (Å²) in [5, 5.41) is 18.7. The quantitative estimate of drug-likeness (QED) is 0.136. The third-order valence-electron chi connectivity index (χ3n) is 8.16. The molecule has 0 radical (unpaired) electrons. The van der Waals surface area contributed by atoms with Crippen LogP contribution in [0.4, 0.5) is 0 Å². The number of benzene rings is 4. The molecule has 0 fully saturated rings. The lowest BCUT2D eigenvalue weighted by atomic mass is 10.2. The summed E-state index contributed by atoms with van der Waals surface area (Å²) in [4.78, 5) is 4.36. The molecular formula is C40H52Cl2N2O8. The van der Waals surface area contributed by atoms with Crippen LogP contribution in [0.15, 0.2) is 97.1 Å². The molecule has 284 valence electrons. The first-order valence-electron chi connectivity index (χ1n) is 17.4. The van der Waals surface area contributed by atoms with E-state index in [9.17, 15) is 10.2 Å². The van der Waals surface area contributed by atoms with E-state index in [0.717, 1.165) is 24.6 Å². The smallest absolute Gasteiger partial charge is 0.204 e. The fourth-order valence-corrected chi connectivity index (χ4v) is 5.96. The summed E-state index contributed by atoms with van der Waals surface area (Å²) in [6, 6.07) is 31.9. The van der Waals surface area contributed by atoms with Gasteiger partial charge in [-0.15, -0.1) is 24.8 Å². The van der Waals surface area contributed by atoms with E-state index in [1.807, 2.05) is 86.6 Å². The standard InChI is InChI=1S/2C20H25NO4.2ClH/c1-2-23-18-9-6-10-19-20(18)24-15-17(25-19)14-21(11-12-22)13-16-7-4-3-5-8-16;1-2-23-18-9-6-10-19-20(18)25-17(15-24-19)14-21(11-12-22)13-16-7-4-3-5-8-16;;/h2*3-10,17,22H,2,11-15H2,1H3;2*1H. The summed E-state index contributed by atoms with van der Waals surface area (Å²) < 4.78 is 35.3. The maximum atomic E-state index is 9.38. The highest BCUT2D eigenvalue weighted by Crippen LogP contribution is 2.41. The largest absolute Gasteiger partial charge is 0.490 e. The third-order valence-corrected chi connectivity index (χ3v) is 8.16. The highest BCUT2D eigenvalue weighted by atomic mass is 35.5. The third kappa shape index (κ3) is 12.6. The van der Waals surface area contributed by atoms with Crippen LogP contribution >= 0.6 is 24.8 Å². The molecule has 12 heteroatoms. The van der Waals surface area contributed by atoms with Gasteiger partial charge in [-0.1, -0.05) is 72.8 Å². The normalized spacial score (nSPS) is 15.4. The molecule has 2 N–H and O–H groups in total. The van der Waals surface area contributed by atoms with Gasteiger partial charge in [-0.3, -0.25) is 9.80 Å². The molecule has 4 aromatic carbocycles. The van der Waals surface area contributed by atoms with Crippen molar-refractivity contribution < 1.29 is 38.6 Å². The molecule has 6 rings (SSSR count).